The Bertz CT molecular complexity index is 356. The molecule has 0 spiro atoms. The first-order valence-electron chi connectivity index (χ1n) is 7.32. The lowest BCUT2D eigenvalue weighted by Gasteiger charge is -2.33. The van der Waals surface area contributed by atoms with Gasteiger partial charge in [-0.1, -0.05) is 24.6 Å². The van der Waals surface area contributed by atoms with Gasteiger partial charge in [0.15, 0.2) is 0 Å². The Morgan fingerprint density at radius 1 is 1.44 bits per heavy atom. The Kier molecular flexibility index (Phi) is 4.29. The summed E-state index contributed by atoms with van der Waals surface area (Å²) < 4.78 is 0. The second-order valence-corrected chi connectivity index (χ2v) is 6.14. The van der Waals surface area contributed by atoms with Crippen LogP contribution >= 0.6 is 0 Å². The van der Waals surface area contributed by atoms with Crippen molar-refractivity contribution < 1.29 is 5.11 Å². The summed E-state index contributed by atoms with van der Waals surface area (Å²) >= 11 is 0. The van der Waals surface area contributed by atoms with Crippen LogP contribution in [0, 0.1) is 5.41 Å². The van der Waals surface area contributed by atoms with Crippen LogP contribution in [-0.4, -0.2) is 36.8 Å². The molecule has 2 atom stereocenters. The Morgan fingerprint density at radius 3 is 2.89 bits per heavy atom. The van der Waals surface area contributed by atoms with Crippen LogP contribution in [0.3, 0.4) is 0 Å². The summed E-state index contributed by atoms with van der Waals surface area (Å²) in [5.74, 6) is 0. The molecule has 2 rings (SSSR count). The van der Waals surface area contributed by atoms with E-state index >= 15 is 0 Å². The van der Waals surface area contributed by atoms with Crippen LogP contribution in [0.25, 0.3) is 0 Å². The zero-order valence-electron chi connectivity index (χ0n) is 12.1. The van der Waals surface area contributed by atoms with Gasteiger partial charge in [0.2, 0.25) is 0 Å². The lowest BCUT2D eigenvalue weighted by atomic mass is 9.74. The van der Waals surface area contributed by atoms with Crippen molar-refractivity contribution in [2.24, 2.45) is 5.41 Å². The van der Waals surface area contributed by atoms with Crippen LogP contribution in [-0.2, 0) is 0 Å². The van der Waals surface area contributed by atoms with Gasteiger partial charge in [-0.15, -0.1) is 0 Å². The summed E-state index contributed by atoms with van der Waals surface area (Å²) in [5, 5.41) is 10.4. The number of aliphatic hydroxyl groups is 1. The van der Waals surface area contributed by atoms with Gasteiger partial charge in [-0.3, -0.25) is 0 Å². The molecule has 0 saturated heterocycles. The zero-order chi connectivity index (χ0) is 13.2. The van der Waals surface area contributed by atoms with Crippen LogP contribution in [0.4, 0.5) is 0 Å². The van der Waals surface area contributed by atoms with E-state index in [1.54, 1.807) is 5.57 Å². The van der Waals surface area contributed by atoms with Crippen LogP contribution in [0.15, 0.2) is 23.3 Å². The van der Waals surface area contributed by atoms with Crippen molar-refractivity contribution in [1.29, 1.82) is 0 Å². The largest absolute Gasteiger partial charge is 0.388 e. The van der Waals surface area contributed by atoms with Gasteiger partial charge < -0.3 is 10.0 Å². The van der Waals surface area contributed by atoms with Crippen molar-refractivity contribution in [3.05, 3.63) is 23.3 Å². The van der Waals surface area contributed by atoms with E-state index in [4.69, 9.17) is 0 Å². The molecule has 0 aromatic heterocycles. The van der Waals surface area contributed by atoms with Crippen molar-refractivity contribution in [1.82, 2.24) is 4.90 Å². The Hall–Kier alpha value is -0.600. The molecule has 2 aliphatic rings. The van der Waals surface area contributed by atoms with E-state index in [0.717, 1.165) is 25.8 Å². The van der Waals surface area contributed by atoms with E-state index in [-0.39, 0.29) is 11.5 Å². The molecule has 0 heterocycles. The van der Waals surface area contributed by atoms with Gasteiger partial charge in [-0.25, -0.2) is 0 Å². The number of nitrogens with zero attached hydrogens (tertiary/aromatic N) is 1. The lowest BCUT2D eigenvalue weighted by Crippen LogP contribution is -2.27. The molecule has 0 radical (unpaired) electrons. The maximum absolute atomic E-state index is 10.4. The van der Waals surface area contributed by atoms with Crippen molar-refractivity contribution in [3.8, 4) is 0 Å². The minimum atomic E-state index is -0.225. The molecule has 0 bridgehead atoms. The Labute approximate surface area is 111 Å². The van der Waals surface area contributed by atoms with Gasteiger partial charge in [0, 0.05) is 0 Å². The van der Waals surface area contributed by atoms with Crippen molar-refractivity contribution in [2.45, 2.75) is 51.6 Å². The first-order valence-corrected chi connectivity index (χ1v) is 7.32. The SMILES string of the molecule is CCC1(CCN(C)C)CC(O)C2=C1CCCC=C2. The molecule has 0 aromatic carbocycles. The van der Waals surface area contributed by atoms with Crippen LogP contribution < -0.4 is 0 Å². The third-order valence-corrected chi connectivity index (χ3v) is 4.74. The van der Waals surface area contributed by atoms with E-state index in [2.05, 4.69) is 38.1 Å². The van der Waals surface area contributed by atoms with Gasteiger partial charge in [-0.2, -0.15) is 0 Å². The van der Waals surface area contributed by atoms with E-state index in [0.29, 0.717) is 0 Å². The smallest absolute Gasteiger partial charge is 0.0798 e. The topological polar surface area (TPSA) is 23.5 Å². The molecule has 0 aliphatic heterocycles. The summed E-state index contributed by atoms with van der Waals surface area (Å²) in [7, 11) is 4.27. The fraction of sp³-hybridized carbons (Fsp3) is 0.750. The third kappa shape index (κ3) is 2.55. The van der Waals surface area contributed by atoms with Crippen molar-refractivity contribution >= 4 is 0 Å². The zero-order valence-corrected chi connectivity index (χ0v) is 12.1. The predicted molar refractivity (Wildman–Crippen MR) is 76.5 cm³/mol. The highest BCUT2D eigenvalue weighted by Gasteiger charge is 2.42. The Balaban J connectivity index is 2.25. The molecule has 2 unspecified atom stereocenters. The summed E-state index contributed by atoms with van der Waals surface area (Å²) in [6.45, 7) is 3.40. The molecule has 2 nitrogen and oxygen atoms in total. The van der Waals surface area contributed by atoms with Gasteiger partial charge in [-0.05, 0) is 70.2 Å². The highest BCUT2D eigenvalue weighted by Crippen LogP contribution is 2.51. The predicted octanol–water partition coefficient (Wildman–Crippen LogP) is 3.14. The van der Waals surface area contributed by atoms with Crippen LogP contribution in [0.5, 0.6) is 0 Å². The highest BCUT2D eigenvalue weighted by molar-refractivity contribution is 5.40. The standard InChI is InChI=1S/C16H27NO/c1-4-16(10-11-17(2)3)12-15(18)13-8-6-5-7-9-14(13)16/h6,8,15,18H,4-5,7,9-12H2,1-3H3. The molecule has 0 aromatic rings. The van der Waals surface area contributed by atoms with E-state index < -0.39 is 0 Å². The fourth-order valence-electron chi connectivity index (χ4n) is 3.56. The Morgan fingerprint density at radius 2 is 2.22 bits per heavy atom. The average Bonchev–Trinajstić information content (AvgIpc) is 2.54. The van der Waals surface area contributed by atoms with Crippen LogP contribution in [0.2, 0.25) is 0 Å². The number of rotatable bonds is 4. The molecule has 0 saturated carbocycles. The van der Waals surface area contributed by atoms with Crippen molar-refractivity contribution in [2.75, 3.05) is 20.6 Å². The monoisotopic (exact) mass is 249 g/mol. The molecule has 0 fully saturated rings. The maximum atomic E-state index is 10.4. The lowest BCUT2D eigenvalue weighted by molar-refractivity contribution is 0.154. The molecule has 1 N–H and O–H groups in total. The third-order valence-electron chi connectivity index (χ3n) is 4.74. The van der Waals surface area contributed by atoms with Gasteiger partial charge >= 0.3 is 0 Å². The van der Waals surface area contributed by atoms with Gasteiger partial charge in [0.1, 0.15) is 0 Å². The molecular formula is C16H27NO. The number of hydrogen-bond acceptors (Lipinski definition) is 2. The van der Waals surface area contributed by atoms with Crippen molar-refractivity contribution in [3.63, 3.8) is 0 Å². The molecule has 2 aliphatic carbocycles. The molecule has 2 heteroatoms. The maximum Gasteiger partial charge on any atom is 0.0798 e. The quantitative estimate of drug-likeness (QED) is 0.827. The second kappa shape index (κ2) is 5.58. The molecule has 18 heavy (non-hydrogen) atoms. The van der Waals surface area contributed by atoms with Gasteiger partial charge in [0.05, 0.1) is 6.10 Å². The van der Waals surface area contributed by atoms with E-state index in [9.17, 15) is 5.11 Å². The highest BCUT2D eigenvalue weighted by atomic mass is 16.3. The summed E-state index contributed by atoms with van der Waals surface area (Å²) in [6.07, 6.45) is 11.1. The minimum Gasteiger partial charge on any atom is -0.388 e. The minimum absolute atomic E-state index is 0.225. The fourth-order valence-corrected chi connectivity index (χ4v) is 3.56. The summed E-state index contributed by atoms with van der Waals surface area (Å²) in [5.41, 5.74) is 3.06. The number of aliphatic hydroxyl groups excluding tert-OH is 1. The van der Waals surface area contributed by atoms with E-state index in [1.165, 1.54) is 24.8 Å². The normalized spacial score (nSPS) is 31.9. The molecular weight excluding hydrogens is 222 g/mol. The molecule has 102 valence electrons. The summed E-state index contributed by atoms with van der Waals surface area (Å²) in [6, 6.07) is 0. The second-order valence-electron chi connectivity index (χ2n) is 6.14. The van der Waals surface area contributed by atoms with Gasteiger partial charge in [0.25, 0.3) is 0 Å². The van der Waals surface area contributed by atoms with Crippen LogP contribution in [0.1, 0.15) is 45.4 Å². The summed E-state index contributed by atoms with van der Waals surface area (Å²) in [4.78, 5) is 2.26. The first-order chi connectivity index (χ1) is 8.59. The van der Waals surface area contributed by atoms with E-state index in [1.807, 2.05) is 0 Å². The number of hydrogen-bond donors (Lipinski definition) is 1. The molecule has 0 amide bonds. The first kappa shape index (κ1) is 13.8. The average molecular weight is 249 g/mol. The number of allylic oxidation sites excluding steroid dienone is 2.